The fourth-order valence-corrected chi connectivity index (χ4v) is 2.95. The second-order valence-electron chi connectivity index (χ2n) is 5.15. The third kappa shape index (κ3) is 2.99. The molecule has 98 valence electrons. The van der Waals surface area contributed by atoms with E-state index in [2.05, 4.69) is 5.32 Å². The molecule has 4 heteroatoms. The zero-order valence-electron chi connectivity index (χ0n) is 10.7. The van der Waals surface area contributed by atoms with Crippen LogP contribution in [0.25, 0.3) is 0 Å². The summed E-state index contributed by atoms with van der Waals surface area (Å²) >= 11 is 0. The number of esters is 1. The minimum atomic E-state index is -0.491. The Morgan fingerprint density at radius 2 is 2.29 bits per heavy atom. The van der Waals surface area contributed by atoms with Gasteiger partial charge in [-0.05, 0) is 45.1 Å². The van der Waals surface area contributed by atoms with Crippen molar-refractivity contribution in [2.45, 2.75) is 56.6 Å². The van der Waals surface area contributed by atoms with E-state index in [9.17, 15) is 4.79 Å². The quantitative estimate of drug-likeness (QED) is 0.763. The molecule has 0 aromatic heterocycles. The molecular weight excluding hydrogens is 218 g/mol. The van der Waals surface area contributed by atoms with Gasteiger partial charge in [0.25, 0.3) is 0 Å². The summed E-state index contributed by atoms with van der Waals surface area (Å²) < 4.78 is 10.7. The molecule has 2 fully saturated rings. The molecule has 1 N–H and O–H groups in total. The van der Waals surface area contributed by atoms with Crippen LogP contribution in [0.4, 0.5) is 0 Å². The number of carbonyl (C=O) groups excluding carboxylic acids is 1. The van der Waals surface area contributed by atoms with Crippen molar-refractivity contribution in [2.75, 3.05) is 20.3 Å². The van der Waals surface area contributed by atoms with Crippen LogP contribution in [0.2, 0.25) is 0 Å². The van der Waals surface area contributed by atoms with E-state index in [4.69, 9.17) is 9.47 Å². The van der Waals surface area contributed by atoms with Crippen molar-refractivity contribution in [3.63, 3.8) is 0 Å². The minimum Gasteiger partial charge on any atom is -0.468 e. The van der Waals surface area contributed by atoms with Gasteiger partial charge in [0, 0.05) is 13.0 Å². The minimum absolute atomic E-state index is 0.119. The first-order chi connectivity index (χ1) is 8.27. The van der Waals surface area contributed by atoms with E-state index in [1.54, 1.807) is 0 Å². The maximum absolute atomic E-state index is 12.0. The number of piperidine rings is 1. The molecule has 2 unspecified atom stereocenters. The standard InChI is InChI=1S/C13H23NO3/c1-16-12(15)13(7-3-4-8-14-13)10-11-6-2-5-9-17-11/h11,14H,2-10H2,1H3. The van der Waals surface area contributed by atoms with Crippen molar-refractivity contribution < 1.29 is 14.3 Å². The Labute approximate surface area is 103 Å². The number of hydrogen-bond donors (Lipinski definition) is 1. The summed E-state index contributed by atoms with van der Waals surface area (Å²) in [6.07, 6.45) is 7.52. The van der Waals surface area contributed by atoms with Gasteiger partial charge in [-0.15, -0.1) is 0 Å². The lowest BCUT2D eigenvalue weighted by Crippen LogP contribution is -2.57. The molecular formula is C13H23NO3. The van der Waals surface area contributed by atoms with Gasteiger partial charge in [-0.25, -0.2) is 0 Å². The van der Waals surface area contributed by atoms with Gasteiger partial charge in [-0.1, -0.05) is 0 Å². The molecule has 0 aliphatic carbocycles. The number of nitrogens with one attached hydrogen (secondary N) is 1. The lowest BCUT2D eigenvalue weighted by atomic mass is 9.82. The van der Waals surface area contributed by atoms with Crippen LogP contribution in [-0.4, -0.2) is 37.9 Å². The molecule has 2 heterocycles. The largest absolute Gasteiger partial charge is 0.468 e. The van der Waals surface area contributed by atoms with Gasteiger partial charge >= 0.3 is 5.97 Å². The molecule has 17 heavy (non-hydrogen) atoms. The smallest absolute Gasteiger partial charge is 0.326 e. The normalized spacial score (nSPS) is 34.3. The van der Waals surface area contributed by atoms with Gasteiger partial charge in [-0.3, -0.25) is 4.79 Å². The van der Waals surface area contributed by atoms with E-state index in [0.29, 0.717) is 0 Å². The highest BCUT2D eigenvalue weighted by atomic mass is 16.5. The monoisotopic (exact) mass is 241 g/mol. The fourth-order valence-electron chi connectivity index (χ4n) is 2.95. The highest BCUT2D eigenvalue weighted by Crippen LogP contribution is 2.29. The molecule has 0 saturated carbocycles. The molecule has 0 radical (unpaired) electrons. The molecule has 2 saturated heterocycles. The van der Waals surface area contributed by atoms with Gasteiger partial charge < -0.3 is 14.8 Å². The van der Waals surface area contributed by atoms with Crippen molar-refractivity contribution in [3.05, 3.63) is 0 Å². The molecule has 0 amide bonds. The summed E-state index contributed by atoms with van der Waals surface area (Å²) in [6.45, 7) is 1.74. The molecule has 0 aromatic rings. The van der Waals surface area contributed by atoms with E-state index >= 15 is 0 Å². The Morgan fingerprint density at radius 3 is 2.88 bits per heavy atom. The van der Waals surface area contributed by atoms with Crippen LogP contribution in [0.3, 0.4) is 0 Å². The van der Waals surface area contributed by atoms with Crippen molar-refractivity contribution in [2.24, 2.45) is 0 Å². The third-order valence-electron chi connectivity index (χ3n) is 3.92. The molecule has 4 nitrogen and oxygen atoms in total. The Kier molecular flexibility index (Phi) is 4.40. The second-order valence-corrected chi connectivity index (χ2v) is 5.15. The molecule has 2 atom stereocenters. The van der Waals surface area contributed by atoms with Crippen LogP contribution in [0.15, 0.2) is 0 Å². The average Bonchev–Trinajstić information content (AvgIpc) is 2.40. The number of ether oxygens (including phenoxy) is 2. The van der Waals surface area contributed by atoms with Gasteiger partial charge in [0.1, 0.15) is 5.54 Å². The van der Waals surface area contributed by atoms with Gasteiger partial charge in [0.05, 0.1) is 13.2 Å². The first-order valence-corrected chi connectivity index (χ1v) is 6.72. The number of hydrogen-bond acceptors (Lipinski definition) is 4. The van der Waals surface area contributed by atoms with E-state index < -0.39 is 5.54 Å². The zero-order valence-corrected chi connectivity index (χ0v) is 10.7. The lowest BCUT2D eigenvalue weighted by molar-refractivity contribution is -0.152. The topological polar surface area (TPSA) is 47.6 Å². The summed E-state index contributed by atoms with van der Waals surface area (Å²) in [7, 11) is 1.47. The highest BCUT2D eigenvalue weighted by molar-refractivity contribution is 5.81. The van der Waals surface area contributed by atoms with Gasteiger partial charge in [0.2, 0.25) is 0 Å². The van der Waals surface area contributed by atoms with E-state index in [1.807, 2.05) is 0 Å². The summed E-state index contributed by atoms with van der Waals surface area (Å²) in [6, 6.07) is 0. The van der Waals surface area contributed by atoms with Crippen LogP contribution in [0, 0.1) is 0 Å². The van der Waals surface area contributed by atoms with E-state index in [0.717, 1.165) is 51.7 Å². The fraction of sp³-hybridized carbons (Fsp3) is 0.923. The number of methoxy groups -OCH3 is 1. The maximum atomic E-state index is 12.0. The highest BCUT2D eigenvalue weighted by Gasteiger charge is 2.42. The Morgan fingerprint density at radius 1 is 1.41 bits per heavy atom. The summed E-state index contributed by atoms with van der Waals surface area (Å²) in [5, 5.41) is 3.38. The Hall–Kier alpha value is -0.610. The molecule has 0 aromatic carbocycles. The van der Waals surface area contributed by atoms with E-state index in [1.165, 1.54) is 13.5 Å². The number of rotatable bonds is 3. The lowest BCUT2D eigenvalue weighted by Gasteiger charge is -2.38. The first kappa shape index (κ1) is 12.8. The van der Waals surface area contributed by atoms with E-state index in [-0.39, 0.29) is 12.1 Å². The van der Waals surface area contributed by atoms with Gasteiger partial charge in [-0.2, -0.15) is 0 Å². The van der Waals surface area contributed by atoms with Gasteiger partial charge in [0.15, 0.2) is 0 Å². The van der Waals surface area contributed by atoms with Crippen LogP contribution in [-0.2, 0) is 14.3 Å². The molecule has 2 aliphatic heterocycles. The molecule has 2 aliphatic rings. The van der Waals surface area contributed by atoms with Crippen molar-refractivity contribution in [1.82, 2.24) is 5.32 Å². The first-order valence-electron chi connectivity index (χ1n) is 6.72. The van der Waals surface area contributed by atoms with Crippen molar-refractivity contribution >= 4 is 5.97 Å². The second kappa shape index (κ2) is 5.83. The summed E-state index contributed by atoms with van der Waals surface area (Å²) in [5.41, 5.74) is -0.491. The SMILES string of the molecule is COC(=O)C1(CC2CCCCO2)CCCCN1. The average molecular weight is 241 g/mol. The predicted molar refractivity (Wildman–Crippen MR) is 64.8 cm³/mol. The Balaban J connectivity index is 2.01. The van der Waals surface area contributed by atoms with Crippen molar-refractivity contribution in [1.29, 1.82) is 0 Å². The zero-order chi connectivity index (χ0) is 12.1. The Bertz CT molecular complexity index is 255. The maximum Gasteiger partial charge on any atom is 0.326 e. The number of carbonyl (C=O) groups is 1. The predicted octanol–water partition coefficient (Wildman–Crippen LogP) is 1.63. The molecule has 0 bridgehead atoms. The summed E-state index contributed by atoms with van der Waals surface area (Å²) in [5.74, 6) is -0.119. The van der Waals surface area contributed by atoms with Crippen molar-refractivity contribution in [3.8, 4) is 0 Å². The van der Waals surface area contributed by atoms with Crippen LogP contribution in [0.5, 0.6) is 0 Å². The van der Waals surface area contributed by atoms with Crippen LogP contribution in [0.1, 0.15) is 44.9 Å². The molecule has 0 spiro atoms. The van der Waals surface area contributed by atoms with Crippen LogP contribution >= 0.6 is 0 Å². The molecule has 2 rings (SSSR count). The summed E-state index contributed by atoms with van der Waals surface area (Å²) in [4.78, 5) is 12.0. The van der Waals surface area contributed by atoms with Crippen LogP contribution < -0.4 is 5.32 Å². The third-order valence-corrected chi connectivity index (χ3v) is 3.92.